The smallest absolute Gasteiger partial charge is 0.322 e. The minimum Gasteiger partial charge on any atom is -0.394 e. The zero-order chi connectivity index (χ0) is 21.0. The van der Waals surface area contributed by atoms with Crippen molar-refractivity contribution in [3.63, 3.8) is 0 Å². The van der Waals surface area contributed by atoms with Crippen LogP contribution >= 0.6 is 0 Å². The van der Waals surface area contributed by atoms with Crippen LogP contribution in [0.25, 0.3) is 0 Å². The molecule has 0 radical (unpaired) electrons. The van der Waals surface area contributed by atoms with Crippen LogP contribution in [-0.4, -0.2) is 21.0 Å². The summed E-state index contributed by atoms with van der Waals surface area (Å²) in [7, 11) is -1.62. The highest BCUT2D eigenvalue weighted by Crippen LogP contribution is 2.42. The summed E-state index contributed by atoms with van der Waals surface area (Å²) in [6.45, 7) is 9.18. The van der Waals surface area contributed by atoms with Gasteiger partial charge in [0.25, 0.3) is 0 Å². The highest BCUT2D eigenvalue weighted by molar-refractivity contribution is 6.44. The van der Waals surface area contributed by atoms with Gasteiger partial charge in [0.15, 0.2) is 0 Å². The first-order valence-electron chi connectivity index (χ1n) is 13.4. The number of hydrogen-bond donors (Lipinski definition) is 0. The zero-order valence-corrected chi connectivity index (χ0v) is 21.5. The first kappa shape index (κ1) is 25.4. The average Bonchev–Trinajstić information content (AvgIpc) is 2.71. The molecule has 0 spiro atoms. The van der Waals surface area contributed by atoms with Gasteiger partial charge in [-0.2, -0.15) is 0 Å². The Balaban J connectivity index is 1.96. The molecule has 172 valence electrons. The van der Waals surface area contributed by atoms with Gasteiger partial charge in [0.2, 0.25) is 0 Å². The Kier molecular flexibility index (Phi) is 12.5. The fraction of sp³-hybridized carbons (Fsp3) is 1.00. The Morgan fingerprint density at radius 2 is 1.41 bits per heavy atom. The van der Waals surface area contributed by atoms with E-state index in [1.165, 1.54) is 115 Å². The molecule has 2 aliphatic carbocycles. The summed E-state index contributed by atoms with van der Waals surface area (Å²) in [5.41, 5.74) is 0.0659. The van der Waals surface area contributed by atoms with Crippen LogP contribution in [0.4, 0.5) is 0 Å². The topological polar surface area (TPSA) is 18.5 Å². The summed E-state index contributed by atoms with van der Waals surface area (Å²) in [4.78, 5) is 0. The maximum Gasteiger partial charge on any atom is 0.322 e. The van der Waals surface area contributed by atoms with Crippen LogP contribution in [0.15, 0.2) is 0 Å². The molecule has 0 heterocycles. The predicted molar refractivity (Wildman–Crippen MR) is 129 cm³/mol. The Morgan fingerprint density at radius 1 is 0.828 bits per heavy atom. The van der Waals surface area contributed by atoms with Crippen molar-refractivity contribution in [3.8, 4) is 0 Å². The lowest BCUT2D eigenvalue weighted by Gasteiger charge is -2.45. The zero-order valence-electron chi connectivity index (χ0n) is 20.4. The van der Waals surface area contributed by atoms with E-state index in [4.69, 9.17) is 8.85 Å². The summed E-state index contributed by atoms with van der Waals surface area (Å²) in [6.07, 6.45) is 23.9. The lowest BCUT2D eigenvalue weighted by atomic mass is 9.71. The molecule has 2 unspecified atom stereocenters. The van der Waals surface area contributed by atoms with Gasteiger partial charge in [0.1, 0.15) is 0 Å². The van der Waals surface area contributed by atoms with E-state index in [2.05, 4.69) is 27.7 Å². The maximum atomic E-state index is 7.14. The largest absolute Gasteiger partial charge is 0.394 e. The Morgan fingerprint density at radius 3 is 2.03 bits per heavy atom. The molecule has 2 aliphatic rings. The van der Waals surface area contributed by atoms with Gasteiger partial charge in [-0.05, 0) is 57.9 Å². The lowest BCUT2D eigenvalue weighted by Crippen LogP contribution is -2.46. The Labute approximate surface area is 184 Å². The SMILES string of the molecule is CCCCCCCC[SiH](OC(C)C)OC(C)(CC1CCCCC1)C1CCCCC1. The summed E-state index contributed by atoms with van der Waals surface area (Å²) in [5, 5.41) is 0. The van der Waals surface area contributed by atoms with Gasteiger partial charge < -0.3 is 8.85 Å². The summed E-state index contributed by atoms with van der Waals surface area (Å²) >= 11 is 0. The number of rotatable bonds is 14. The van der Waals surface area contributed by atoms with Gasteiger partial charge in [0.05, 0.1) is 5.60 Å². The molecule has 3 heteroatoms. The van der Waals surface area contributed by atoms with Gasteiger partial charge in [0, 0.05) is 6.10 Å². The molecule has 2 rings (SSSR count). The first-order valence-corrected chi connectivity index (χ1v) is 15.1. The van der Waals surface area contributed by atoms with E-state index in [9.17, 15) is 0 Å². The van der Waals surface area contributed by atoms with Crippen LogP contribution in [0.1, 0.15) is 137 Å². The van der Waals surface area contributed by atoms with Crippen molar-refractivity contribution in [3.05, 3.63) is 0 Å². The fourth-order valence-electron chi connectivity index (χ4n) is 5.84. The van der Waals surface area contributed by atoms with Crippen molar-refractivity contribution < 1.29 is 8.85 Å². The van der Waals surface area contributed by atoms with Crippen LogP contribution in [-0.2, 0) is 8.85 Å². The second-order valence-corrected chi connectivity index (χ2v) is 12.6. The monoisotopic (exact) mass is 424 g/mol. The number of hydrogen-bond acceptors (Lipinski definition) is 2. The maximum absolute atomic E-state index is 7.14. The Bertz CT molecular complexity index is 402. The van der Waals surface area contributed by atoms with Crippen molar-refractivity contribution in [2.75, 3.05) is 0 Å². The standard InChI is InChI=1S/C26H52O2Si/c1-5-6-7-8-9-16-21-29(27-23(2)3)28-26(4,25-19-14-11-15-20-25)22-24-17-12-10-13-18-24/h23-25,29H,5-22H2,1-4H3. The molecule has 0 amide bonds. The van der Waals surface area contributed by atoms with E-state index in [0.717, 1.165) is 11.8 Å². The molecule has 2 nitrogen and oxygen atoms in total. The lowest BCUT2D eigenvalue weighted by molar-refractivity contribution is -0.0411. The van der Waals surface area contributed by atoms with Crippen LogP contribution in [0.3, 0.4) is 0 Å². The molecular weight excluding hydrogens is 372 g/mol. The second-order valence-electron chi connectivity index (χ2n) is 10.6. The summed E-state index contributed by atoms with van der Waals surface area (Å²) in [5.74, 6) is 1.65. The van der Waals surface area contributed by atoms with E-state index < -0.39 is 9.28 Å². The van der Waals surface area contributed by atoms with Crippen molar-refractivity contribution in [2.45, 2.75) is 155 Å². The molecule has 2 atom stereocenters. The highest BCUT2D eigenvalue weighted by Gasteiger charge is 2.40. The van der Waals surface area contributed by atoms with Crippen LogP contribution in [0.2, 0.25) is 6.04 Å². The molecule has 2 saturated carbocycles. The molecule has 0 aromatic heterocycles. The molecule has 0 saturated heterocycles. The Hall–Kier alpha value is 0.137. The fourth-order valence-corrected chi connectivity index (χ4v) is 8.27. The van der Waals surface area contributed by atoms with E-state index in [1.807, 2.05) is 0 Å². The molecule has 29 heavy (non-hydrogen) atoms. The molecule has 0 aliphatic heterocycles. The normalized spacial score (nSPS) is 22.7. The molecule has 0 bridgehead atoms. The number of unbranched alkanes of at least 4 members (excludes halogenated alkanes) is 5. The first-order chi connectivity index (χ1) is 14.0. The van der Waals surface area contributed by atoms with Gasteiger partial charge in [-0.3, -0.25) is 0 Å². The van der Waals surface area contributed by atoms with Crippen molar-refractivity contribution >= 4 is 9.28 Å². The van der Waals surface area contributed by atoms with Gasteiger partial charge >= 0.3 is 9.28 Å². The van der Waals surface area contributed by atoms with E-state index in [0.29, 0.717) is 6.10 Å². The predicted octanol–water partition coefficient (Wildman–Crippen LogP) is 8.32. The van der Waals surface area contributed by atoms with E-state index >= 15 is 0 Å². The van der Waals surface area contributed by atoms with Crippen molar-refractivity contribution in [2.24, 2.45) is 11.8 Å². The molecular formula is C26H52O2Si. The molecule has 0 aromatic rings. The van der Waals surface area contributed by atoms with Gasteiger partial charge in [-0.25, -0.2) is 0 Å². The quantitative estimate of drug-likeness (QED) is 0.206. The van der Waals surface area contributed by atoms with Crippen LogP contribution in [0, 0.1) is 11.8 Å². The molecule has 0 aromatic carbocycles. The summed E-state index contributed by atoms with van der Waals surface area (Å²) < 4.78 is 13.6. The minimum absolute atomic E-state index is 0.0659. The molecule has 2 fully saturated rings. The highest BCUT2D eigenvalue weighted by atomic mass is 28.3. The second kappa shape index (κ2) is 14.2. The minimum atomic E-state index is -1.62. The molecule has 0 N–H and O–H groups in total. The van der Waals surface area contributed by atoms with Crippen LogP contribution < -0.4 is 0 Å². The van der Waals surface area contributed by atoms with Gasteiger partial charge in [-0.1, -0.05) is 96.8 Å². The van der Waals surface area contributed by atoms with Crippen molar-refractivity contribution in [1.29, 1.82) is 0 Å². The van der Waals surface area contributed by atoms with Crippen molar-refractivity contribution in [1.82, 2.24) is 0 Å². The average molecular weight is 425 g/mol. The van der Waals surface area contributed by atoms with E-state index in [-0.39, 0.29) is 5.60 Å². The summed E-state index contributed by atoms with van der Waals surface area (Å²) in [6, 6.07) is 1.21. The third-order valence-electron chi connectivity index (χ3n) is 7.51. The van der Waals surface area contributed by atoms with Gasteiger partial charge in [-0.15, -0.1) is 0 Å². The van der Waals surface area contributed by atoms with Crippen LogP contribution in [0.5, 0.6) is 0 Å². The van der Waals surface area contributed by atoms with E-state index in [1.54, 1.807) is 0 Å². The third kappa shape index (κ3) is 9.87. The third-order valence-corrected chi connectivity index (χ3v) is 10.0.